The van der Waals surface area contributed by atoms with Gasteiger partial charge in [0.2, 0.25) is 0 Å². The quantitative estimate of drug-likeness (QED) is 0.354. The number of halogens is 2. The number of hydrogen-bond donors (Lipinski definition) is 2. The van der Waals surface area contributed by atoms with Crippen LogP contribution in [0.3, 0.4) is 0 Å². The molecule has 0 saturated heterocycles. The first-order chi connectivity index (χ1) is 8.55. The molecule has 0 fully saturated rings. The molecular weight excluding hydrogens is 240 g/mol. The van der Waals surface area contributed by atoms with E-state index in [0.29, 0.717) is 31.6 Å². The second-order valence-corrected chi connectivity index (χ2v) is 3.99. The highest BCUT2D eigenvalue weighted by Gasteiger charge is 2.07. The highest BCUT2D eigenvalue weighted by molar-refractivity contribution is 5.79. The lowest BCUT2D eigenvalue weighted by Gasteiger charge is -2.20. The van der Waals surface area contributed by atoms with Crippen LogP contribution in [0, 0.1) is 11.6 Å². The summed E-state index contributed by atoms with van der Waals surface area (Å²) in [5, 5.41) is 11.3. The number of hydrogen-bond acceptors (Lipinski definition) is 3. The van der Waals surface area contributed by atoms with Gasteiger partial charge in [-0.2, -0.15) is 0 Å². The standard InChI is InChI=1S/C12H17F2N3O/c1-2-17(4-3-12(15)16-18)8-9-5-10(13)7-11(14)6-9/h5-7,18H,2-4,8H2,1H3,(H2,15,16). The summed E-state index contributed by atoms with van der Waals surface area (Å²) < 4.78 is 26.0. The lowest BCUT2D eigenvalue weighted by atomic mass is 10.2. The van der Waals surface area contributed by atoms with Crippen molar-refractivity contribution in [3.05, 3.63) is 35.4 Å². The summed E-state index contributed by atoms with van der Waals surface area (Å²) in [7, 11) is 0. The van der Waals surface area contributed by atoms with E-state index in [4.69, 9.17) is 10.9 Å². The van der Waals surface area contributed by atoms with Gasteiger partial charge in [-0.1, -0.05) is 12.1 Å². The van der Waals surface area contributed by atoms with Gasteiger partial charge in [0.1, 0.15) is 17.5 Å². The number of rotatable bonds is 6. The molecule has 0 aromatic heterocycles. The molecule has 100 valence electrons. The lowest BCUT2D eigenvalue weighted by molar-refractivity contribution is 0.282. The summed E-state index contributed by atoms with van der Waals surface area (Å²) in [5.74, 6) is -1.03. The Morgan fingerprint density at radius 2 is 1.94 bits per heavy atom. The molecule has 1 aromatic carbocycles. The Morgan fingerprint density at radius 3 is 2.44 bits per heavy atom. The van der Waals surface area contributed by atoms with Crippen molar-refractivity contribution < 1.29 is 14.0 Å². The van der Waals surface area contributed by atoms with Crippen LogP contribution in [0.2, 0.25) is 0 Å². The molecule has 18 heavy (non-hydrogen) atoms. The predicted molar refractivity (Wildman–Crippen MR) is 65.3 cm³/mol. The van der Waals surface area contributed by atoms with Gasteiger partial charge < -0.3 is 10.9 Å². The molecule has 6 heteroatoms. The molecule has 3 N–H and O–H groups in total. The number of nitrogens with zero attached hydrogens (tertiary/aromatic N) is 2. The second-order valence-electron chi connectivity index (χ2n) is 3.99. The summed E-state index contributed by atoms with van der Waals surface area (Å²) in [6.07, 6.45) is 0.405. The van der Waals surface area contributed by atoms with Gasteiger partial charge in [-0.25, -0.2) is 8.78 Å². The van der Waals surface area contributed by atoms with Crippen molar-refractivity contribution in [3.63, 3.8) is 0 Å². The fourth-order valence-corrected chi connectivity index (χ4v) is 1.63. The number of nitrogens with two attached hydrogens (primary N) is 1. The van der Waals surface area contributed by atoms with Gasteiger partial charge in [0.15, 0.2) is 0 Å². The average Bonchev–Trinajstić information content (AvgIpc) is 2.32. The van der Waals surface area contributed by atoms with Crippen LogP contribution in [-0.2, 0) is 6.54 Å². The third kappa shape index (κ3) is 4.67. The SMILES string of the molecule is CCN(CC/C(N)=N/O)Cc1cc(F)cc(F)c1. The van der Waals surface area contributed by atoms with Crippen LogP contribution < -0.4 is 5.73 Å². The Balaban J connectivity index is 2.62. The van der Waals surface area contributed by atoms with Gasteiger partial charge in [-0.15, -0.1) is 0 Å². The molecule has 0 aliphatic rings. The van der Waals surface area contributed by atoms with Crippen LogP contribution >= 0.6 is 0 Å². The first-order valence-electron chi connectivity index (χ1n) is 5.69. The molecule has 0 atom stereocenters. The third-order valence-corrected chi connectivity index (χ3v) is 2.59. The molecule has 0 heterocycles. The molecular formula is C12H17F2N3O. The zero-order valence-corrected chi connectivity index (χ0v) is 10.2. The fourth-order valence-electron chi connectivity index (χ4n) is 1.63. The van der Waals surface area contributed by atoms with Crippen LogP contribution in [0.25, 0.3) is 0 Å². The van der Waals surface area contributed by atoms with Crippen molar-refractivity contribution in [2.75, 3.05) is 13.1 Å². The number of benzene rings is 1. The normalized spacial score (nSPS) is 12.1. The second kappa shape index (κ2) is 6.90. The molecule has 0 aliphatic carbocycles. The maximum Gasteiger partial charge on any atom is 0.140 e. The van der Waals surface area contributed by atoms with E-state index in [0.717, 1.165) is 6.07 Å². The Bertz CT molecular complexity index is 404. The third-order valence-electron chi connectivity index (χ3n) is 2.59. The smallest absolute Gasteiger partial charge is 0.140 e. The Morgan fingerprint density at radius 1 is 1.33 bits per heavy atom. The first kappa shape index (κ1) is 14.4. The average molecular weight is 257 g/mol. The van der Waals surface area contributed by atoms with Crippen LogP contribution in [0.4, 0.5) is 8.78 Å². The van der Waals surface area contributed by atoms with Gasteiger partial charge in [0, 0.05) is 25.6 Å². The van der Waals surface area contributed by atoms with E-state index in [1.54, 1.807) is 0 Å². The monoisotopic (exact) mass is 257 g/mol. The largest absolute Gasteiger partial charge is 0.409 e. The minimum absolute atomic E-state index is 0.138. The van der Waals surface area contributed by atoms with Crippen LogP contribution in [-0.4, -0.2) is 29.0 Å². The van der Waals surface area contributed by atoms with Crippen LogP contribution in [0.1, 0.15) is 18.9 Å². The van der Waals surface area contributed by atoms with Crippen molar-refractivity contribution >= 4 is 5.84 Å². The zero-order valence-electron chi connectivity index (χ0n) is 10.2. The molecule has 0 unspecified atom stereocenters. The summed E-state index contributed by atoms with van der Waals surface area (Å²) in [6, 6.07) is 3.45. The first-order valence-corrected chi connectivity index (χ1v) is 5.69. The molecule has 0 saturated carbocycles. The molecule has 0 aliphatic heterocycles. The van der Waals surface area contributed by atoms with Gasteiger partial charge in [0.05, 0.1) is 0 Å². The van der Waals surface area contributed by atoms with Crippen molar-refractivity contribution in [2.45, 2.75) is 19.9 Å². The Hall–Kier alpha value is -1.69. The van der Waals surface area contributed by atoms with Crippen molar-refractivity contribution in [3.8, 4) is 0 Å². The molecule has 1 aromatic rings. The van der Waals surface area contributed by atoms with E-state index >= 15 is 0 Å². The highest BCUT2D eigenvalue weighted by Crippen LogP contribution is 2.10. The van der Waals surface area contributed by atoms with E-state index in [2.05, 4.69) is 5.16 Å². The maximum absolute atomic E-state index is 13.0. The minimum Gasteiger partial charge on any atom is -0.409 e. The minimum atomic E-state index is -0.586. The highest BCUT2D eigenvalue weighted by atomic mass is 19.1. The van der Waals surface area contributed by atoms with Gasteiger partial charge >= 0.3 is 0 Å². The van der Waals surface area contributed by atoms with E-state index in [1.807, 2.05) is 11.8 Å². The van der Waals surface area contributed by atoms with Crippen LogP contribution in [0.15, 0.2) is 23.4 Å². The summed E-state index contributed by atoms with van der Waals surface area (Å²) >= 11 is 0. The van der Waals surface area contributed by atoms with E-state index in [1.165, 1.54) is 12.1 Å². The molecule has 1 rings (SSSR count). The van der Waals surface area contributed by atoms with E-state index in [9.17, 15) is 8.78 Å². The molecule has 4 nitrogen and oxygen atoms in total. The Kier molecular flexibility index (Phi) is 5.51. The lowest BCUT2D eigenvalue weighted by Crippen LogP contribution is -2.27. The van der Waals surface area contributed by atoms with E-state index < -0.39 is 11.6 Å². The molecule has 0 amide bonds. The maximum atomic E-state index is 13.0. The Labute approximate surface area is 105 Å². The van der Waals surface area contributed by atoms with Gasteiger partial charge in [-0.3, -0.25) is 4.90 Å². The zero-order chi connectivity index (χ0) is 13.5. The molecule has 0 bridgehead atoms. The topological polar surface area (TPSA) is 61.8 Å². The fraction of sp³-hybridized carbons (Fsp3) is 0.417. The van der Waals surface area contributed by atoms with Crippen molar-refractivity contribution in [1.82, 2.24) is 4.90 Å². The van der Waals surface area contributed by atoms with Gasteiger partial charge in [0.25, 0.3) is 0 Å². The summed E-state index contributed by atoms with van der Waals surface area (Å²) in [5.41, 5.74) is 5.93. The summed E-state index contributed by atoms with van der Waals surface area (Å²) in [4.78, 5) is 1.95. The number of oxime groups is 1. The number of amidine groups is 1. The van der Waals surface area contributed by atoms with Crippen molar-refractivity contribution in [2.24, 2.45) is 10.9 Å². The van der Waals surface area contributed by atoms with Crippen molar-refractivity contribution in [1.29, 1.82) is 0 Å². The van der Waals surface area contributed by atoms with Crippen LogP contribution in [0.5, 0.6) is 0 Å². The van der Waals surface area contributed by atoms with Gasteiger partial charge in [-0.05, 0) is 24.2 Å². The predicted octanol–water partition coefficient (Wildman–Crippen LogP) is 1.92. The van der Waals surface area contributed by atoms with E-state index in [-0.39, 0.29) is 5.84 Å². The summed E-state index contributed by atoms with van der Waals surface area (Å²) in [6.45, 7) is 3.62. The molecule has 0 spiro atoms. The molecule has 0 radical (unpaired) electrons.